The minimum absolute atomic E-state index is 0.00288. The summed E-state index contributed by atoms with van der Waals surface area (Å²) in [6.45, 7) is 5.12. The van der Waals surface area contributed by atoms with E-state index in [4.69, 9.17) is 16.9 Å². The molecule has 0 aromatic carbocycles. The number of amidine groups is 2. The molecule has 2 saturated carbocycles. The van der Waals surface area contributed by atoms with Crippen molar-refractivity contribution < 1.29 is 13.9 Å². The lowest BCUT2D eigenvalue weighted by Crippen LogP contribution is -2.45. The van der Waals surface area contributed by atoms with Crippen LogP contribution in [-0.2, 0) is 0 Å². The van der Waals surface area contributed by atoms with Crippen molar-refractivity contribution in [3.63, 3.8) is 0 Å². The lowest BCUT2D eigenvalue weighted by Gasteiger charge is -2.36. The van der Waals surface area contributed by atoms with E-state index in [9.17, 15) is 5.11 Å². The average molecular weight is 588 g/mol. The predicted octanol–water partition coefficient (Wildman–Crippen LogP) is 5.12. The maximum Gasteiger partial charge on any atom is 0.286 e. The number of rotatable bonds is 14. The number of nitrogens with two attached hydrogens (primary N) is 2. The SMILES string of the molecule is C#C.CC=C=C/C=C(\C)C(F)(F)CN(CC1CCCCC1)/C(=C\N[C@H](C)C1CCC1)C(N)=NC(=NC)C(=N)CC(N)O. The first-order chi connectivity index (χ1) is 20.0. The molecule has 0 aliphatic heterocycles. The van der Waals surface area contributed by atoms with Crippen LogP contribution in [0.4, 0.5) is 8.78 Å². The first kappa shape index (κ1) is 36.8. The molecule has 2 atom stereocenters. The topological polar surface area (TPSA) is 136 Å². The predicted molar refractivity (Wildman–Crippen MR) is 171 cm³/mol. The number of hydrogen-bond acceptors (Lipinski definition) is 6. The number of alkyl halides is 2. The van der Waals surface area contributed by atoms with Crippen LogP contribution in [0.3, 0.4) is 0 Å². The van der Waals surface area contributed by atoms with Gasteiger partial charge in [-0.05, 0) is 82.1 Å². The molecule has 8 nitrogen and oxygen atoms in total. The van der Waals surface area contributed by atoms with Gasteiger partial charge in [-0.2, -0.15) is 8.78 Å². The lowest BCUT2D eigenvalue weighted by molar-refractivity contribution is 0.00849. The maximum atomic E-state index is 15.7. The van der Waals surface area contributed by atoms with Crippen LogP contribution in [0, 0.1) is 30.1 Å². The van der Waals surface area contributed by atoms with Crippen LogP contribution >= 0.6 is 0 Å². The Morgan fingerprint density at radius 2 is 1.86 bits per heavy atom. The molecule has 7 N–H and O–H groups in total. The summed E-state index contributed by atoms with van der Waals surface area (Å²) in [5, 5.41) is 21.2. The van der Waals surface area contributed by atoms with Gasteiger partial charge in [-0.3, -0.25) is 4.99 Å². The van der Waals surface area contributed by atoms with Gasteiger partial charge in [-0.15, -0.1) is 18.6 Å². The van der Waals surface area contributed by atoms with Gasteiger partial charge in [0.05, 0.1) is 18.0 Å². The molecule has 42 heavy (non-hydrogen) atoms. The number of hydrogen-bond donors (Lipinski definition) is 5. The molecule has 0 aromatic heterocycles. The maximum absolute atomic E-state index is 15.7. The third-order valence-corrected chi connectivity index (χ3v) is 7.83. The summed E-state index contributed by atoms with van der Waals surface area (Å²) in [6, 6.07) is 0.145. The zero-order valence-electron chi connectivity index (χ0n) is 25.8. The van der Waals surface area contributed by atoms with Gasteiger partial charge in [0.15, 0.2) is 11.7 Å². The van der Waals surface area contributed by atoms with E-state index in [0.29, 0.717) is 18.2 Å². The molecule has 234 valence electrons. The van der Waals surface area contributed by atoms with E-state index >= 15 is 8.78 Å². The molecular weight excluding hydrogens is 536 g/mol. The molecule has 0 amide bonds. The summed E-state index contributed by atoms with van der Waals surface area (Å²) in [4.78, 5) is 10.1. The molecule has 1 unspecified atom stereocenters. The molecule has 10 heteroatoms. The van der Waals surface area contributed by atoms with Crippen molar-refractivity contribution in [3.05, 3.63) is 41.4 Å². The van der Waals surface area contributed by atoms with Crippen LogP contribution in [0.1, 0.15) is 78.6 Å². The van der Waals surface area contributed by atoms with Crippen molar-refractivity contribution in [3.8, 4) is 12.8 Å². The molecule has 0 saturated heterocycles. The van der Waals surface area contributed by atoms with Crippen molar-refractivity contribution in [1.82, 2.24) is 10.2 Å². The van der Waals surface area contributed by atoms with Gasteiger partial charge >= 0.3 is 0 Å². The number of aliphatic imine (C=N–C) groups is 2. The Bertz CT molecular complexity index is 1060. The summed E-state index contributed by atoms with van der Waals surface area (Å²) in [5.74, 6) is -2.40. The van der Waals surface area contributed by atoms with Crippen molar-refractivity contribution in [1.29, 1.82) is 5.41 Å². The fourth-order valence-electron chi connectivity index (χ4n) is 5.02. The number of nitrogens with zero attached hydrogens (tertiary/aromatic N) is 3. The summed E-state index contributed by atoms with van der Waals surface area (Å²) in [5.41, 5.74) is 15.0. The van der Waals surface area contributed by atoms with E-state index in [1.54, 1.807) is 24.1 Å². The molecule has 0 spiro atoms. The Balaban J connectivity index is 0.00000431. The highest BCUT2D eigenvalue weighted by molar-refractivity contribution is 6.42. The lowest BCUT2D eigenvalue weighted by atomic mass is 9.80. The highest BCUT2D eigenvalue weighted by Gasteiger charge is 2.36. The molecule has 0 aromatic rings. The van der Waals surface area contributed by atoms with E-state index in [2.05, 4.69) is 40.8 Å². The van der Waals surface area contributed by atoms with Gasteiger partial charge in [0.2, 0.25) is 0 Å². The van der Waals surface area contributed by atoms with E-state index in [-0.39, 0.29) is 41.3 Å². The summed E-state index contributed by atoms with van der Waals surface area (Å²) < 4.78 is 31.3. The van der Waals surface area contributed by atoms with E-state index in [1.165, 1.54) is 32.5 Å². The van der Waals surface area contributed by atoms with E-state index in [0.717, 1.165) is 44.9 Å². The fourth-order valence-corrected chi connectivity index (χ4v) is 5.02. The number of allylic oxidation sites excluding steroid dienone is 2. The third-order valence-electron chi connectivity index (χ3n) is 7.83. The molecule has 2 rings (SSSR count). The Labute approximate surface area is 251 Å². The minimum atomic E-state index is -3.14. The number of nitrogens with one attached hydrogen (secondary N) is 2. The Morgan fingerprint density at radius 1 is 1.21 bits per heavy atom. The van der Waals surface area contributed by atoms with Crippen LogP contribution in [0.5, 0.6) is 0 Å². The van der Waals surface area contributed by atoms with Gasteiger partial charge in [0, 0.05) is 32.3 Å². The van der Waals surface area contributed by atoms with Gasteiger partial charge in [0.25, 0.3) is 5.92 Å². The van der Waals surface area contributed by atoms with Crippen LogP contribution in [0.15, 0.2) is 51.4 Å². The molecule has 0 bridgehead atoms. The van der Waals surface area contributed by atoms with Crippen LogP contribution in [0.2, 0.25) is 0 Å². The number of aliphatic hydroxyl groups is 1. The number of halogens is 2. The first-order valence-corrected chi connectivity index (χ1v) is 14.8. The Morgan fingerprint density at radius 3 is 2.38 bits per heavy atom. The second-order valence-electron chi connectivity index (χ2n) is 11.0. The minimum Gasteiger partial charge on any atom is -0.386 e. The van der Waals surface area contributed by atoms with Crippen molar-refractivity contribution in [2.24, 2.45) is 33.3 Å². The van der Waals surface area contributed by atoms with Crippen LogP contribution < -0.4 is 16.8 Å². The zero-order valence-corrected chi connectivity index (χ0v) is 25.8. The highest BCUT2D eigenvalue weighted by atomic mass is 19.3. The zero-order chi connectivity index (χ0) is 31.7. The second-order valence-corrected chi connectivity index (χ2v) is 11.0. The number of aliphatic hydroxyl groups excluding tert-OH is 1. The van der Waals surface area contributed by atoms with Gasteiger partial charge in [0.1, 0.15) is 6.23 Å². The quantitative estimate of drug-likeness (QED) is 0.0480. The smallest absolute Gasteiger partial charge is 0.286 e. The first-order valence-electron chi connectivity index (χ1n) is 14.8. The normalized spacial score (nSPS) is 18.9. The average Bonchev–Trinajstić information content (AvgIpc) is 2.91. The van der Waals surface area contributed by atoms with Crippen molar-refractivity contribution >= 4 is 17.4 Å². The third kappa shape index (κ3) is 12.3. The molecule has 0 radical (unpaired) electrons. The van der Waals surface area contributed by atoms with Gasteiger partial charge in [-0.1, -0.05) is 25.7 Å². The molecule has 0 heterocycles. The van der Waals surface area contributed by atoms with Crippen molar-refractivity contribution in [2.45, 2.75) is 96.8 Å². The van der Waals surface area contributed by atoms with E-state index in [1.807, 2.05) is 0 Å². The van der Waals surface area contributed by atoms with Crippen LogP contribution in [0.25, 0.3) is 0 Å². The second kappa shape index (κ2) is 19.0. The van der Waals surface area contributed by atoms with Gasteiger partial charge in [-0.25, -0.2) is 4.99 Å². The molecule has 2 aliphatic rings. The highest BCUT2D eigenvalue weighted by Crippen LogP contribution is 2.31. The Hall–Kier alpha value is -3.25. The van der Waals surface area contributed by atoms with Gasteiger partial charge < -0.3 is 32.2 Å². The molecular formula is C32H51F2N7O. The molecule has 2 aliphatic carbocycles. The van der Waals surface area contributed by atoms with Crippen molar-refractivity contribution in [2.75, 3.05) is 20.1 Å². The molecule has 2 fully saturated rings. The number of terminal acetylenes is 1. The summed E-state index contributed by atoms with van der Waals surface area (Å²) >= 11 is 0. The fraction of sp³-hybridized carbons (Fsp3) is 0.625. The van der Waals surface area contributed by atoms with E-state index < -0.39 is 18.7 Å². The van der Waals surface area contributed by atoms with Crippen LogP contribution in [-0.4, -0.2) is 65.7 Å². The largest absolute Gasteiger partial charge is 0.386 e. The summed E-state index contributed by atoms with van der Waals surface area (Å²) in [6.07, 6.45) is 21.5. The monoisotopic (exact) mass is 587 g/mol. The summed E-state index contributed by atoms with van der Waals surface area (Å²) in [7, 11) is 1.46. The Kier molecular flexibility index (Phi) is 16.7. The standard InChI is InChI=1S/C30H49F2N7O.C2H2/c1-5-6-8-12-21(2)30(31,32)20-39(19-23-13-9-7-10-14-23)26(18-37-22(3)24-15-11-16-24)28(35)38-29(36-4)25(33)17-27(34)40;1-2/h5,8,12,18,22-24,27,33,37,40H,7,9-11,13-17,19-20,34H2,1-4H3,(H2,35,36,38);1-2H/b21-12+,26-18-,33-25?;/t6?,22-,27?;/m1./s1.